The van der Waals surface area contributed by atoms with E-state index in [1.165, 1.54) is 18.2 Å². The Hall–Kier alpha value is -2.29. The van der Waals surface area contributed by atoms with Gasteiger partial charge in [-0.1, -0.05) is 11.6 Å². The first kappa shape index (κ1) is 21.4. The summed E-state index contributed by atoms with van der Waals surface area (Å²) in [6.45, 7) is 3.50. The number of amides is 1. The van der Waals surface area contributed by atoms with Crippen LogP contribution < -0.4 is 14.8 Å². The van der Waals surface area contributed by atoms with E-state index in [4.69, 9.17) is 21.1 Å². The topological polar surface area (TPSA) is 93.7 Å². The van der Waals surface area contributed by atoms with E-state index < -0.39 is 15.9 Å². The second-order valence-corrected chi connectivity index (χ2v) is 8.68. The van der Waals surface area contributed by atoms with Gasteiger partial charge in [-0.2, -0.15) is 0 Å². The van der Waals surface area contributed by atoms with Gasteiger partial charge in [0.25, 0.3) is 15.9 Å². The van der Waals surface area contributed by atoms with Crippen molar-refractivity contribution in [1.29, 1.82) is 0 Å². The van der Waals surface area contributed by atoms with E-state index in [-0.39, 0.29) is 21.5 Å². The molecule has 7 nitrogen and oxygen atoms in total. The van der Waals surface area contributed by atoms with Crippen LogP contribution in [0.2, 0.25) is 5.02 Å². The first-order valence-corrected chi connectivity index (χ1v) is 11.2. The third-order valence-electron chi connectivity index (χ3n) is 4.41. The molecule has 0 radical (unpaired) electrons. The number of nitrogens with one attached hydrogen (secondary N) is 2. The highest BCUT2D eigenvalue weighted by atomic mass is 35.5. The molecular formula is C20H23ClN2O5S. The molecule has 0 aliphatic carbocycles. The number of hydrogen-bond acceptors (Lipinski definition) is 5. The molecule has 1 amide bonds. The number of rotatable bonds is 7. The van der Waals surface area contributed by atoms with Crippen molar-refractivity contribution in [3.8, 4) is 5.75 Å². The summed E-state index contributed by atoms with van der Waals surface area (Å²) in [6.07, 6.45) is 1.67. The predicted octanol–water partition coefficient (Wildman–Crippen LogP) is 3.45. The molecule has 1 heterocycles. The maximum absolute atomic E-state index is 12.8. The Morgan fingerprint density at radius 1 is 1.24 bits per heavy atom. The summed E-state index contributed by atoms with van der Waals surface area (Å²) in [7, 11) is -3.90. The summed E-state index contributed by atoms with van der Waals surface area (Å²) in [5.74, 6) is 0.219. The predicted molar refractivity (Wildman–Crippen MR) is 111 cm³/mol. The highest BCUT2D eigenvalue weighted by Crippen LogP contribution is 2.24. The second kappa shape index (κ2) is 9.47. The summed E-state index contributed by atoms with van der Waals surface area (Å²) in [4.78, 5) is 12.5. The van der Waals surface area contributed by atoms with Crippen LogP contribution in [-0.2, 0) is 14.8 Å². The molecule has 1 atom stereocenters. The first-order valence-electron chi connectivity index (χ1n) is 9.33. The fraction of sp³-hybridized carbons (Fsp3) is 0.350. The number of carbonyl (C=O) groups excluding carboxylic acids is 1. The number of ether oxygens (including phenoxy) is 2. The highest BCUT2D eigenvalue weighted by molar-refractivity contribution is 7.92. The van der Waals surface area contributed by atoms with E-state index in [0.717, 1.165) is 12.8 Å². The molecule has 29 heavy (non-hydrogen) atoms. The SMILES string of the molecule is CCOc1ccc(NS(=O)(=O)c2ccc(Cl)c(C(=O)NC3CCCOC3)c2)cc1. The van der Waals surface area contributed by atoms with Gasteiger partial charge in [0.05, 0.1) is 34.7 Å². The van der Waals surface area contributed by atoms with Crippen LogP contribution in [0.25, 0.3) is 0 Å². The van der Waals surface area contributed by atoms with Crippen LogP contribution in [0.15, 0.2) is 47.4 Å². The quantitative estimate of drug-likeness (QED) is 0.690. The van der Waals surface area contributed by atoms with Gasteiger partial charge in [0, 0.05) is 12.3 Å². The molecule has 1 aliphatic rings. The maximum atomic E-state index is 12.8. The van der Waals surface area contributed by atoms with E-state index in [0.29, 0.717) is 31.3 Å². The van der Waals surface area contributed by atoms with Gasteiger partial charge in [-0.05, 0) is 62.2 Å². The second-order valence-electron chi connectivity index (χ2n) is 6.59. The average Bonchev–Trinajstić information content (AvgIpc) is 2.70. The third kappa shape index (κ3) is 5.62. The normalized spacial score (nSPS) is 16.8. The minimum atomic E-state index is -3.90. The van der Waals surface area contributed by atoms with E-state index in [2.05, 4.69) is 10.0 Å². The Kier molecular flexibility index (Phi) is 7.00. The summed E-state index contributed by atoms with van der Waals surface area (Å²) >= 11 is 6.14. The first-order chi connectivity index (χ1) is 13.9. The molecule has 2 aromatic carbocycles. The number of benzene rings is 2. The smallest absolute Gasteiger partial charge is 0.261 e. The Morgan fingerprint density at radius 3 is 2.66 bits per heavy atom. The molecule has 0 spiro atoms. The molecule has 0 bridgehead atoms. The van der Waals surface area contributed by atoms with Gasteiger partial charge in [0.2, 0.25) is 0 Å². The Morgan fingerprint density at radius 2 is 2.00 bits per heavy atom. The van der Waals surface area contributed by atoms with Gasteiger partial charge in [-0.15, -0.1) is 0 Å². The molecule has 2 aromatic rings. The molecule has 0 saturated carbocycles. The van der Waals surface area contributed by atoms with E-state index in [9.17, 15) is 13.2 Å². The largest absolute Gasteiger partial charge is 0.494 e. The molecule has 156 valence electrons. The van der Waals surface area contributed by atoms with Gasteiger partial charge in [0.1, 0.15) is 5.75 Å². The van der Waals surface area contributed by atoms with Gasteiger partial charge in [-0.25, -0.2) is 8.42 Å². The van der Waals surface area contributed by atoms with Crippen molar-refractivity contribution in [3.63, 3.8) is 0 Å². The third-order valence-corrected chi connectivity index (χ3v) is 6.11. The zero-order valence-corrected chi connectivity index (χ0v) is 17.6. The number of hydrogen-bond donors (Lipinski definition) is 2. The van der Waals surface area contributed by atoms with E-state index in [1.807, 2.05) is 6.92 Å². The zero-order chi connectivity index (χ0) is 20.9. The van der Waals surface area contributed by atoms with Crippen molar-refractivity contribution in [2.75, 3.05) is 24.5 Å². The molecule has 9 heteroatoms. The number of carbonyl (C=O) groups is 1. The lowest BCUT2D eigenvalue weighted by Crippen LogP contribution is -2.40. The molecule has 1 aliphatic heterocycles. The molecule has 3 rings (SSSR count). The fourth-order valence-corrected chi connectivity index (χ4v) is 4.25. The number of anilines is 1. The Bertz CT molecular complexity index is 957. The van der Waals surface area contributed by atoms with Crippen LogP contribution in [0.4, 0.5) is 5.69 Å². The summed E-state index contributed by atoms with van der Waals surface area (Å²) < 4.78 is 38.7. The zero-order valence-electron chi connectivity index (χ0n) is 16.0. The van der Waals surface area contributed by atoms with Crippen molar-refractivity contribution >= 4 is 33.2 Å². The summed E-state index contributed by atoms with van der Waals surface area (Å²) in [5, 5.41) is 3.02. The van der Waals surface area contributed by atoms with Crippen LogP contribution in [0.3, 0.4) is 0 Å². The van der Waals surface area contributed by atoms with Crippen LogP contribution in [0, 0.1) is 0 Å². The van der Waals surface area contributed by atoms with Crippen molar-refractivity contribution < 1.29 is 22.7 Å². The molecule has 0 aromatic heterocycles. The molecule has 2 N–H and O–H groups in total. The average molecular weight is 439 g/mol. The monoisotopic (exact) mass is 438 g/mol. The minimum Gasteiger partial charge on any atom is -0.494 e. The van der Waals surface area contributed by atoms with E-state index >= 15 is 0 Å². The minimum absolute atomic E-state index is 0.0548. The summed E-state index contributed by atoms with van der Waals surface area (Å²) in [6, 6.07) is 10.5. The van der Waals surface area contributed by atoms with Gasteiger partial charge >= 0.3 is 0 Å². The molecular weight excluding hydrogens is 416 g/mol. The maximum Gasteiger partial charge on any atom is 0.261 e. The molecule has 1 unspecified atom stereocenters. The van der Waals surface area contributed by atoms with Crippen molar-refractivity contribution in [3.05, 3.63) is 53.1 Å². The summed E-state index contributed by atoms with van der Waals surface area (Å²) in [5.41, 5.74) is 0.487. The standard InChI is InChI=1S/C20H23ClN2O5S/c1-2-28-16-7-5-14(6-8-16)23-29(25,26)17-9-10-19(21)18(12-17)20(24)22-15-4-3-11-27-13-15/h5-10,12,15,23H,2-4,11,13H2,1H3,(H,22,24). The molecule has 1 saturated heterocycles. The van der Waals surface area contributed by atoms with Crippen LogP contribution in [0.5, 0.6) is 5.75 Å². The number of halogens is 1. The van der Waals surface area contributed by atoms with Crippen LogP contribution in [0.1, 0.15) is 30.1 Å². The lowest BCUT2D eigenvalue weighted by Gasteiger charge is -2.23. The van der Waals surface area contributed by atoms with Gasteiger partial charge < -0.3 is 14.8 Å². The lowest BCUT2D eigenvalue weighted by molar-refractivity contribution is 0.0624. The lowest BCUT2D eigenvalue weighted by atomic mass is 10.1. The van der Waals surface area contributed by atoms with Crippen molar-refractivity contribution in [1.82, 2.24) is 5.32 Å². The Balaban J connectivity index is 1.76. The van der Waals surface area contributed by atoms with Crippen LogP contribution in [-0.4, -0.2) is 40.2 Å². The Labute approximate surface area is 175 Å². The molecule has 1 fully saturated rings. The van der Waals surface area contributed by atoms with Crippen molar-refractivity contribution in [2.45, 2.75) is 30.7 Å². The fourth-order valence-electron chi connectivity index (χ4n) is 2.96. The van der Waals surface area contributed by atoms with E-state index in [1.54, 1.807) is 24.3 Å². The van der Waals surface area contributed by atoms with Crippen LogP contribution >= 0.6 is 11.6 Å². The van der Waals surface area contributed by atoms with Gasteiger partial charge in [-0.3, -0.25) is 9.52 Å². The van der Waals surface area contributed by atoms with Crippen molar-refractivity contribution in [2.24, 2.45) is 0 Å². The number of sulfonamides is 1. The highest BCUT2D eigenvalue weighted by Gasteiger charge is 2.22. The van der Waals surface area contributed by atoms with Gasteiger partial charge in [0.15, 0.2) is 0 Å².